The summed E-state index contributed by atoms with van der Waals surface area (Å²) in [5.74, 6) is 0. The van der Waals surface area contributed by atoms with E-state index < -0.39 is 0 Å². The van der Waals surface area contributed by atoms with E-state index in [-0.39, 0.29) is 18.7 Å². The summed E-state index contributed by atoms with van der Waals surface area (Å²) in [5.41, 5.74) is 6.93. The number of aliphatic hydroxyl groups excluding tert-OH is 1. The standard InChI is InChI=1S/C27H33N5O2S/c1-19-18-23(20(2)32(19)22-9-7-21(8-10-22)30-13-16-34-17-14-30)26-25(24-6-3-4-11-28-24)29-27(35)31(26)12-5-15-33/h3-4,6-11,18,25-26,33H,5,12-17H2,1-2H3,(H,29,35)/t25-,26-/m0/s1. The van der Waals surface area contributed by atoms with Gasteiger partial charge < -0.3 is 29.5 Å². The number of nitrogens with zero attached hydrogens (tertiary/aromatic N) is 4. The Hall–Kier alpha value is -2.94. The number of nitrogens with one attached hydrogen (secondary N) is 1. The van der Waals surface area contributed by atoms with Gasteiger partial charge in [0.05, 0.1) is 31.0 Å². The van der Waals surface area contributed by atoms with Crippen LogP contribution in [0.2, 0.25) is 0 Å². The molecule has 2 aliphatic heterocycles. The van der Waals surface area contributed by atoms with E-state index in [9.17, 15) is 5.11 Å². The first-order chi connectivity index (χ1) is 17.1. The lowest BCUT2D eigenvalue weighted by molar-refractivity contribution is 0.122. The fraction of sp³-hybridized carbons (Fsp3) is 0.407. The van der Waals surface area contributed by atoms with Crippen molar-refractivity contribution in [1.82, 2.24) is 19.8 Å². The van der Waals surface area contributed by atoms with Gasteiger partial charge in [-0.25, -0.2) is 0 Å². The summed E-state index contributed by atoms with van der Waals surface area (Å²) in [6.07, 6.45) is 2.49. The normalized spacial score (nSPS) is 20.4. The van der Waals surface area contributed by atoms with Crippen molar-refractivity contribution in [3.8, 4) is 5.69 Å². The largest absolute Gasteiger partial charge is 0.396 e. The predicted octanol–water partition coefficient (Wildman–Crippen LogP) is 3.68. The molecule has 2 N–H and O–H groups in total. The highest BCUT2D eigenvalue weighted by Crippen LogP contribution is 2.41. The molecule has 2 saturated heterocycles. The van der Waals surface area contributed by atoms with Crippen LogP contribution in [0.4, 0.5) is 5.69 Å². The van der Waals surface area contributed by atoms with Gasteiger partial charge in [0.2, 0.25) is 0 Å². The first-order valence-corrected chi connectivity index (χ1v) is 12.7. The molecule has 0 amide bonds. The second-order valence-electron chi connectivity index (χ2n) is 9.17. The Morgan fingerprint density at radius 2 is 1.83 bits per heavy atom. The lowest BCUT2D eigenvalue weighted by Gasteiger charge is -2.29. The average Bonchev–Trinajstić information content (AvgIpc) is 3.38. The molecule has 1 aromatic carbocycles. The minimum atomic E-state index is -0.0555. The minimum absolute atomic E-state index is 0.00322. The summed E-state index contributed by atoms with van der Waals surface area (Å²) in [6, 6.07) is 17.0. The van der Waals surface area contributed by atoms with E-state index in [1.165, 1.54) is 22.6 Å². The number of hydrogen-bond acceptors (Lipinski definition) is 5. The van der Waals surface area contributed by atoms with Gasteiger partial charge in [-0.15, -0.1) is 0 Å². The van der Waals surface area contributed by atoms with Crippen LogP contribution in [0.1, 0.15) is 41.1 Å². The zero-order valence-electron chi connectivity index (χ0n) is 20.4. The summed E-state index contributed by atoms with van der Waals surface area (Å²) in [4.78, 5) is 9.22. The van der Waals surface area contributed by atoms with Gasteiger partial charge in [-0.3, -0.25) is 4.98 Å². The number of pyridine rings is 1. The number of rotatable bonds is 7. The molecule has 0 unspecified atom stereocenters. The topological polar surface area (TPSA) is 65.8 Å². The summed E-state index contributed by atoms with van der Waals surface area (Å²) in [5, 5.41) is 13.7. The van der Waals surface area contributed by atoms with Crippen molar-refractivity contribution in [2.24, 2.45) is 0 Å². The minimum Gasteiger partial charge on any atom is -0.396 e. The fourth-order valence-corrected chi connectivity index (χ4v) is 5.68. The summed E-state index contributed by atoms with van der Waals surface area (Å²) in [6.45, 7) is 8.57. The number of aliphatic hydroxyl groups is 1. The van der Waals surface area contributed by atoms with Gasteiger partial charge in [-0.2, -0.15) is 0 Å². The van der Waals surface area contributed by atoms with Crippen molar-refractivity contribution >= 4 is 23.0 Å². The first-order valence-electron chi connectivity index (χ1n) is 12.3. The maximum Gasteiger partial charge on any atom is 0.170 e. The molecule has 2 aliphatic rings. The number of anilines is 1. The highest BCUT2D eigenvalue weighted by molar-refractivity contribution is 7.80. The van der Waals surface area contributed by atoms with E-state index >= 15 is 0 Å². The van der Waals surface area contributed by atoms with Crippen LogP contribution in [0.5, 0.6) is 0 Å². The van der Waals surface area contributed by atoms with Gasteiger partial charge in [0.25, 0.3) is 0 Å². The van der Waals surface area contributed by atoms with E-state index in [2.05, 4.69) is 68.8 Å². The Morgan fingerprint density at radius 3 is 2.51 bits per heavy atom. The SMILES string of the molecule is Cc1cc([C@H]2[C@H](c3ccccn3)NC(=S)N2CCCO)c(C)n1-c1ccc(N2CCOCC2)cc1. The average molecular weight is 492 g/mol. The molecule has 0 spiro atoms. The molecular formula is C27H33N5O2S. The van der Waals surface area contributed by atoms with E-state index in [0.717, 1.165) is 37.7 Å². The van der Waals surface area contributed by atoms with E-state index in [4.69, 9.17) is 17.0 Å². The maximum absolute atomic E-state index is 9.50. The lowest BCUT2D eigenvalue weighted by Crippen LogP contribution is -2.36. The molecule has 0 radical (unpaired) electrons. The number of aromatic nitrogens is 2. The van der Waals surface area contributed by atoms with Gasteiger partial charge in [0.1, 0.15) is 0 Å². The number of hydrogen-bond donors (Lipinski definition) is 2. The smallest absolute Gasteiger partial charge is 0.170 e. The summed E-state index contributed by atoms with van der Waals surface area (Å²) >= 11 is 5.75. The molecule has 4 heterocycles. The second-order valence-corrected chi connectivity index (χ2v) is 9.56. The molecule has 7 nitrogen and oxygen atoms in total. The van der Waals surface area contributed by atoms with E-state index in [0.29, 0.717) is 18.1 Å². The summed E-state index contributed by atoms with van der Waals surface area (Å²) < 4.78 is 7.82. The Morgan fingerprint density at radius 1 is 1.09 bits per heavy atom. The number of morpholine rings is 1. The van der Waals surface area contributed by atoms with Gasteiger partial charge in [-0.05, 0) is 80.5 Å². The molecule has 0 aliphatic carbocycles. The molecular weight excluding hydrogens is 458 g/mol. The fourth-order valence-electron chi connectivity index (χ4n) is 5.34. The van der Waals surface area contributed by atoms with Crippen molar-refractivity contribution in [3.05, 3.63) is 77.4 Å². The highest BCUT2D eigenvalue weighted by Gasteiger charge is 2.41. The molecule has 2 atom stereocenters. The van der Waals surface area contributed by atoms with Gasteiger partial charge in [0, 0.05) is 55.2 Å². The summed E-state index contributed by atoms with van der Waals surface area (Å²) in [7, 11) is 0. The Bertz CT molecular complexity index is 1160. The predicted molar refractivity (Wildman–Crippen MR) is 142 cm³/mol. The van der Waals surface area contributed by atoms with Crippen LogP contribution < -0.4 is 10.2 Å². The molecule has 35 heavy (non-hydrogen) atoms. The van der Waals surface area contributed by atoms with Crippen LogP contribution >= 0.6 is 12.2 Å². The maximum atomic E-state index is 9.50. The molecule has 3 aromatic rings. The third-order valence-electron chi connectivity index (χ3n) is 7.03. The van der Waals surface area contributed by atoms with Gasteiger partial charge in [0.15, 0.2) is 5.11 Å². The van der Waals surface area contributed by atoms with Crippen LogP contribution in [0.25, 0.3) is 5.69 Å². The number of benzene rings is 1. The first kappa shape index (κ1) is 23.8. The third kappa shape index (κ3) is 4.66. The number of thiocarbonyl (C=S) groups is 1. The van der Waals surface area contributed by atoms with Crippen LogP contribution in [-0.4, -0.2) is 64.1 Å². The molecule has 2 aromatic heterocycles. The molecule has 8 heteroatoms. The van der Waals surface area contributed by atoms with Gasteiger partial charge in [-0.1, -0.05) is 6.07 Å². The van der Waals surface area contributed by atoms with Gasteiger partial charge >= 0.3 is 0 Å². The number of ether oxygens (including phenoxy) is 1. The van der Waals surface area contributed by atoms with Crippen LogP contribution in [0.15, 0.2) is 54.7 Å². The van der Waals surface area contributed by atoms with Crippen molar-refractivity contribution in [1.29, 1.82) is 0 Å². The second kappa shape index (κ2) is 10.4. The molecule has 0 saturated carbocycles. The lowest BCUT2D eigenvalue weighted by atomic mass is 9.96. The highest BCUT2D eigenvalue weighted by atomic mass is 32.1. The molecule has 184 valence electrons. The van der Waals surface area contributed by atoms with Crippen LogP contribution in [-0.2, 0) is 4.74 Å². The Labute approximate surface area is 212 Å². The van der Waals surface area contributed by atoms with Crippen molar-refractivity contribution < 1.29 is 9.84 Å². The third-order valence-corrected chi connectivity index (χ3v) is 7.38. The van der Waals surface area contributed by atoms with Crippen LogP contribution in [0, 0.1) is 13.8 Å². The Kier molecular flexibility index (Phi) is 7.04. The van der Waals surface area contributed by atoms with Crippen molar-refractivity contribution in [3.63, 3.8) is 0 Å². The number of aryl methyl sites for hydroxylation is 1. The quantitative estimate of drug-likeness (QED) is 0.489. The van der Waals surface area contributed by atoms with Crippen molar-refractivity contribution in [2.45, 2.75) is 32.4 Å². The van der Waals surface area contributed by atoms with E-state index in [1.54, 1.807) is 0 Å². The van der Waals surface area contributed by atoms with Crippen LogP contribution in [0.3, 0.4) is 0 Å². The molecule has 2 fully saturated rings. The monoisotopic (exact) mass is 491 g/mol. The Balaban J connectivity index is 1.50. The zero-order chi connectivity index (χ0) is 24.4. The zero-order valence-corrected chi connectivity index (χ0v) is 21.2. The van der Waals surface area contributed by atoms with E-state index in [1.807, 2.05) is 24.4 Å². The molecule has 5 rings (SSSR count). The molecule has 0 bridgehead atoms. The van der Waals surface area contributed by atoms with Crippen molar-refractivity contribution in [2.75, 3.05) is 44.4 Å².